The summed E-state index contributed by atoms with van der Waals surface area (Å²) < 4.78 is 0. The second-order valence-corrected chi connectivity index (χ2v) is 6.42. The van der Waals surface area contributed by atoms with Gasteiger partial charge in [0.25, 0.3) is 0 Å². The van der Waals surface area contributed by atoms with Gasteiger partial charge in [0.15, 0.2) is 16.6 Å². The van der Waals surface area contributed by atoms with E-state index in [2.05, 4.69) is 10.3 Å². The molecule has 2 aromatic heterocycles. The average Bonchev–Trinajstić information content (AvgIpc) is 2.97. The van der Waals surface area contributed by atoms with Crippen molar-refractivity contribution in [2.45, 2.75) is 26.3 Å². The first-order valence-electron chi connectivity index (χ1n) is 6.01. The van der Waals surface area contributed by atoms with Crippen molar-refractivity contribution in [1.82, 2.24) is 4.98 Å². The molecule has 20 heavy (non-hydrogen) atoms. The van der Waals surface area contributed by atoms with Crippen molar-refractivity contribution in [1.29, 1.82) is 0 Å². The summed E-state index contributed by atoms with van der Waals surface area (Å²) in [6.45, 7) is 3.34. The first-order valence-corrected chi connectivity index (χ1v) is 7.71. The number of hydrogen-bond acceptors (Lipinski definition) is 6. The van der Waals surface area contributed by atoms with Crippen molar-refractivity contribution in [3.63, 3.8) is 0 Å². The fraction of sp³-hybridized carbons (Fsp3) is 0.308. The summed E-state index contributed by atoms with van der Waals surface area (Å²) in [6.07, 6.45) is 0.828. The number of aromatic nitrogens is 1. The third kappa shape index (κ3) is 3.43. The lowest BCUT2D eigenvalue weighted by Gasteiger charge is -2.11. The van der Waals surface area contributed by atoms with E-state index in [0.29, 0.717) is 5.13 Å². The second-order valence-electron chi connectivity index (χ2n) is 4.39. The fourth-order valence-electron chi connectivity index (χ4n) is 1.76. The smallest absolute Gasteiger partial charge is 0.356 e. The van der Waals surface area contributed by atoms with Crippen LogP contribution in [0.1, 0.15) is 38.9 Å². The van der Waals surface area contributed by atoms with Gasteiger partial charge < -0.3 is 10.4 Å². The summed E-state index contributed by atoms with van der Waals surface area (Å²) in [6, 6.07) is 4.15. The molecule has 5 nitrogen and oxygen atoms in total. The Hall–Kier alpha value is -1.73. The molecular formula is C13H14N2O3S2. The van der Waals surface area contributed by atoms with Crippen LogP contribution in [0.3, 0.4) is 0 Å². The quantitative estimate of drug-likeness (QED) is 0.801. The number of ketones is 1. The number of rotatable bonds is 6. The number of carboxylic acid groups (broad SMARTS) is 1. The maximum Gasteiger partial charge on any atom is 0.356 e. The third-order valence-corrected chi connectivity index (χ3v) is 4.59. The lowest BCUT2D eigenvalue weighted by molar-refractivity contribution is 0.0687. The molecule has 0 fully saturated rings. The zero-order chi connectivity index (χ0) is 14.7. The molecule has 2 heterocycles. The Morgan fingerprint density at radius 1 is 1.50 bits per heavy atom. The highest BCUT2D eigenvalue weighted by molar-refractivity contribution is 7.17. The van der Waals surface area contributed by atoms with Gasteiger partial charge in [0, 0.05) is 24.3 Å². The van der Waals surface area contributed by atoms with E-state index in [9.17, 15) is 9.59 Å². The van der Waals surface area contributed by atoms with Gasteiger partial charge in [0.2, 0.25) is 0 Å². The SMILES string of the molecule is CC(=O)c1sc(NC(C)Cc2cccs2)nc1C(=O)O. The fourth-order valence-corrected chi connectivity index (χ4v) is 3.56. The molecule has 1 atom stereocenters. The number of nitrogens with zero attached hydrogens (tertiary/aromatic N) is 1. The minimum Gasteiger partial charge on any atom is -0.476 e. The summed E-state index contributed by atoms with van der Waals surface area (Å²) in [7, 11) is 0. The van der Waals surface area contributed by atoms with Crippen molar-refractivity contribution in [3.8, 4) is 0 Å². The molecule has 106 valence electrons. The number of Topliss-reactive ketones (excluding diaryl/α,β-unsaturated/α-hetero) is 1. The molecule has 7 heteroatoms. The first kappa shape index (κ1) is 14.7. The number of nitrogens with one attached hydrogen (secondary N) is 1. The number of hydrogen-bond donors (Lipinski definition) is 2. The zero-order valence-electron chi connectivity index (χ0n) is 11.0. The monoisotopic (exact) mass is 310 g/mol. The number of thiazole rings is 1. The number of carboxylic acids is 1. The molecule has 0 aromatic carbocycles. The van der Waals surface area contributed by atoms with E-state index >= 15 is 0 Å². The lowest BCUT2D eigenvalue weighted by Crippen LogP contribution is -2.17. The maximum absolute atomic E-state index is 11.4. The van der Waals surface area contributed by atoms with Crippen LogP contribution >= 0.6 is 22.7 Å². The van der Waals surface area contributed by atoms with Crippen LogP contribution in [0.4, 0.5) is 5.13 Å². The van der Waals surface area contributed by atoms with Crippen molar-refractivity contribution in [2.75, 3.05) is 5.32 Å². The van der Waals surface area contributed by atoms with Crippen molar-refractivity contribution in [3.05, 3.63) is 33.0 Å². The highest BCUT2D eigenvalue weighted by atomic mass is 32.1. The molecule has 0 bridgehead atoms. The van der Waals surface area contributed by atoms with E-state index in [-0.39, 0.29) is 22.4 Å². The molecule has 1 unspecified atom stereocenters. The Kier molecular flexibility index (Phi) is 4.51. The Balaban J connectivity index is 2.11. The Morgan fingerprint density at radius 3 is 2.75 bits per heavy atom. The van der Waals surface area contributed by atoms with Crippen LogP contribution in [-0.2, 0) is 6.42 Å². The van der Waals surface area contributed by atoms with Gasteiger partial charge in [0.1, 0.15) is 4.88 Å². The largest absolute Gasteiger partial charge is 0.476 e. The molecule has 2 rings (SSSR count). The van der Waals surface area contributed by atoms with Gasteiger partial charge >= 0.3 is 5.97 Å². The number of thiophene rings is 1. The van der Waals surface area contributed by atoms with E-state index in [1.165, 1.54) is 11.8 Å². The molecule has 0 aliphatic heterocycles. The lowest BCUT2D eigenvalue weighted by atomic mass is 10.2. The van der Waals surface area contributed by atoms with Crippen molar-refractivity contribution >= 4 is 39.6 Å². The summed E-state index contributed by atoms with van der Waals surface area (Å²) in [5.41, 5.74) is -0.173. The van der Waals surface area contributed by atoms with E-state index in [0.717, 1.165) is 17.8 Å². The van der Waals surface area contributed by atoms with E-state index < -0.39 is 5.97 Å². The molecule has 0 aliphatic rings. The Labute approximate surface area is 124 Å². The molecule has 0 spiro atoms. The highest BCUT2D eigenvalue weighted by Crippen LogP contribution is 2.25. The van der Waals surface area contributed by atoms with Gasteiger partial charge in [0.05, 0.1) is 0 Å². The number of aromatic carboxylic acids is 1. The van der Waals surface area contributed by atoms with Crippen molar-refractivity contribution < 1.29 is 14.7 Å². The summed E-state index contributed by atoms with van der Waals surface area (Å²) >= 11 is 2.76. The van der Waals surface area contributed by atoms with Crippen LogP contribution in [0.2, 0.25) is 0 Å². The molecule has 0 saturated carbocycles. The molecule has 0 amide bonds. The number of carbonyl (C=O) groups is 2. The predicted octanol–water partition coefficient (Wildman–Crippen LogP) is 3.15. The Bertz CT molecular complexity index is 588. The second kappa shape index (κ2) is 6.15. The van der Waals surface area contributed by atoms with Crippen LogP contribution in [0.25, 0.3) is 0 Å². The predicted molar refractivity (Wildman–Crippen MR) is 80.2 cm³/mol. The maximum atomic E-state index is 11.4. The van der Waals surface area contributed by atoms with E-state index in [1.807, 2.05) is 24.4 Å². The first-order chi connectivity index (χ1) is 9.47. The van der Waals surface area contributed by atoms with Crippen LogP contribution in [-0.4, -0.2) is 27.9 Å². The molecule has 2 aromatic rings. The van der Waals surface area contributed by atoms with Gasteiger partial charge in [-0.15, -0.1) is 11.3 Å². The number of carbonyl (C=O) groups excluding carboxylic acids is 1. The minimum atomic E-state index is -1.18. The van der Waals surface area contributed by atoms with E-state index in [4.69, 9.17) is 5.11 Å². The summed E-state index contributed by atoms with van der Waals surface area (Å²) in [4.78, 5) is 27.9. The topological polar surface area (TPSA) is 79.3 Å². The average molecular weight is 310 g/mol. The molecule has 0 aliphatic carbocycles. The van der Waals surface area contributed by atoms with E-state index in [1.54, 1.807) is 11.3 Å². The van der Waals surface area contributed by atoms with Crippen LogP contribution < -0.4 is 5.32 Å². The zero-order valence-corrected chi connectivity index (χ0v) is 12.7. The van der Waals surface area contributed by atoms with Gasteiger partial charge in [-0.3, -0.25) is 4.79 Å². The van der Waals surface area contributed by atoms with Crippen LogP contribution in [0, 0.1) is 0 Å². The minimum absolute atomic E-state index is 0.112. The van der Waals surface area contributed by atoms with Gasteiger partial charge in [-0.1, -0.05) is 17.4 Å². The molecule has 0 saturated heterocycles. The third-order valence-electron chi connectivity index (χ3n) is 2.61. The Morgan fingerprint density at radius 2 is 2.25 bits per heavy atom. The summed E-state index contributed by atoms with van der Waals surface area (Å²) in [5, 5.41) is 14.7. The highest BCUT2D eigenvalue weighted by Gasteiger charge is 2.21. The van der Waals surface area contributed by atoms with Crippen molar-refractivity contribution in [2.24, 2.45) is 0 Å². The van der Waals surface area contributed by atoms with Gasteiger partial charge in [-0.2, -0.15) is 0 Å². The molecule has 2 N–H and O–H groups in total. The molecular weight excluding hydrogens is 296 g/mol. The standard InChI is InChI=1S/C13H14N2O3S2/c1-7(6-9-4-3-5-19-9)14-13-15-10(12(17)18)11(20-13)8(2)16/h3-5,7H,6H2,1-2H3,(H,14,15)(H,17,18). The van der Waals surface area contributed by atoms with Gasteiger partial charge in [-0.05, 0) is 18.4 Å². The number of anilines is 1. The summed E-state index contributed by atoms with van der Waals surface area (Å²) in [5.74, 6) is -1.45. The van der Waals surface area contributed by atoms with Crippen LogP contribution in [0.15, 0.2) is 17.5 Å². The van der Waals surface area contributed by atoms with Gasteiger partial charge in [-0.25, -0.2) is 9.78 Å². The van der Waals surface area contributed by atoms with Crippen LogP contribution in [0.5, 0.6) is 0 Å². The molecule has 0 radical (unpaired) electrons. The normalized spacial score (nSPS) is 12.1.